The van der Waals surface area contributed by atoms with Crippen molar-refractivity contribution < 1.29 is 14.6 Å². The lowest BCUT2D eigenvalue weighted by molar-refractivity contribution is -0.139. The Bertz CT molecular complexity index is 360. The molecule has 1 aromatic rings. The number of carboxylic acid groups (broad SMARTS) is 1. The van der Waals surface area contributed by atoms with Crippen molar-refractivity contribution in [3.8, 4) is 0 Å². The molecule has 2 rings (SSSR count). The Morgan fingerprint density at radius 3 is 2.67 bits per heavy atom. The van der Waals surface area contributed by atoms with Gasteiger partial charge in [0.15, 0.2) is 0 Å². The number of benzene rings is 1. The molecule has 0 radical (unpaired) electrons. The molecule has 0 spiro atoms. The van der Waals surface area contributed by atoms with Crippen LogP contribution in [-0.4, -0.2) is 24.8 Å². The van der Waals surface area contributed by atoms with Gasteiger partial charge in [0.1, 0.15) is 0 Å². The molecule has 1 N–H and O–H groups in total. The summed E-state index contributed by atoms with van der Waals surface area (Å²) in [4.78, 5) is 11.0. The van der Waals surface area contributed by atoms with Crippen molar-refractivity contribution >= 4 is 5.97 Å². The van der Waals surface area contributed by atoms with Gasteiger partial charge in [0.05, 0.1) is 12.5 Å². The molecular formula is C12H14O3. The average Bonchev–Trinajstić information content (AvgIpc) is 2.96. The topological polar surface area (TPSA) is 46.5 Å². The molecule has 0 bridgehead atoms. The van der Waals surface area contributed by atoms with E-state index in [0.29, 0.717) is 13.0 Å². The van der Waals surface area contributed by atoms with Crippen LogP contribution in [0.15, 0.2) is 30.3 Å². The zero-order chi connectivity index (χ0) is 10.9. The lowest BCUT2D eigenvalue weighted by Crippen LogP contribution is -2.20. The Morgan fingerprint density at radius 2 is 2.20 bits per heavy atom. The molecule has 1 aromatic carbocycles. The maximum Gasteiger partial charge on any atom is 0.307 e. The highest BCUT2D eigenvalue weighted by atomic mass is 16.5. The standard InChI is InChI=1S/C12H14O3/c1-15-8-12(7-10(12)11(13)14)9-5-3-2-4-6-9/h2-6,10H,7-8H2,1H3,(H,13,14). The predicted molar refractivity (Wildman–Crippen MR) is 55.7 cm³/mol. The van der Waals surface area contributed by atoms with E-state index in [9.17, 15) is 4.79 Å². The number of carboxylic acids is 1. The molecule has 0 heterocycles. The highest BCUT2D eigenvalue weighted by Crippen LogP contribution is 2.54. The maximum atomic E-state index is 11.0. The van der Waals surface area contributed by atoms with Gasteiger partial charge in [-0.3, -0.25) is 4.79 Å². The first-order valence-corrected chi connectivity index (χ1v) is 4.98. The van der Waals surface area contributed by atoms with E-state index in [1.165, 1.54) is 0 Å². The van der Waals surface area contributed by atoms with Crippen molar-refractivity contribution in [1.82, 2.24) is 0 Å². The zero-order valence-electron chi connectivity index (χ0n) is 8.64. The van der Waals surface area contributed by atoms with E-state index >= 15 is 0 Å². The number of methoxy groups -OCH3 is 1. The minimum Gasteiger partial charge on any atom is -0.481 e. The Kier molecular flexibility index (Phi) is 2.49. The fourth-order valence-electron chi connectivity index (χ4n) is 2.22. The monoisotopic (exact) mass is 206 g/mol. The molecule has 1 aliphatic carbocycles. The van der Waals surface area contributed by atoms with Crippen molar-refractivity contribution in [2.75, 3.05) is 13.7 Å². The van der Waals surface area contributed by atoms with Crippen LogP contribution in [0.5, 0.6) is 0 Å². The highest BCUT2D eigenvalue weighted by Gasteiger charge is 2.59. The fraction of sp³-hybridized carbons (Fsp3) is 0.417. The Morgan fingerprint density at radius 1 is 1.53 bits per heavy atom. The van der Waals surface area contributed by atoms with Crippen LogP contribution in [-0.2, 0) is 14.9 Å². The van der Waals surface area contributed by atoms with Gasteiger partial charge in [-0.2, -0.15) is 0 Å². The summed E-state index contributed by atoms with van der Waals surface area (Å²) >= 11 is 0. The van der Waals surface area contributed by atoms with Crippen LogP contribution >= 0.6 is 0 Å². The van der Waals surface area contributed by atoms with Gasteiger partial charge in [0.2, 0.25) is 0 Å². The largest absolute Gasteiger partial charge is 0.481 e. The molecule has 1 saturated carbocycles. The van der Waals surface area contributed by atoms with E-state index in [0.717, 1.165) is 5.56 Å². The summed E-state index contributed by atoms with van der Waals surface area (Å²) < 4.78 is 5.14. The molecule has 1 fully saturated rings. The second-order valence-corrected chi connectivity index (χ2v) is 4.05. The van der Waals surface area contributed by atoms with E-state index in [4.69, 9.17) is 9.84 Å². The molecule has 0 aromatic heterocycles. The lowest BCUT2D eigenvalue weighted by atomic mass is 9.94. The smallest absolute Gasteiger partial charge is 0.307 e. The highest BCUT2D eigenvalue weighted by molar-refractivity contribution is 5.77. The SMILES string of the molecule is COCC1(c2ccccc2)CC1C(=O)O. The van der Waals surface area contributed by atoms with Gasteiger partial charge in [-0.1, -0.05) is 30.3 Å². The van der Waals surface area contributed by atoms with Gasteiger partial charge >= 0.3 is 5.97 Å². The quantitative estimate of drug-likeness (QED) is 0.815. The molecule has 1 aliphatic rings. The van der Waals surface area contributed by atoms with E-state index in [-0.39, 0.29) is 11.3 Å². The van der Waals surface area contributed by atoms with Gasteiger partial charge < -0.3 is 9.84 Å². The third-order valence-electron chi connectivity index (χ3n) is 3.12. The summed E-state index contributed by atoms with van der Waals surface area (Å²) in [5.41, 5.74) is 0.779. The molecule has 0 aliphatic heterocycles. The van der Waals surface area contributed by atoms with Gasteiger partial charge in [-0.15, -0.1) is 0 Å². The molecule has 15 heavy (non-hydrogen) atoms. The van der Waals surface area contributed by atoms with Crippen molar-refractivity contribution in [3.63, 3.8) is 0 Å². The third kappa shape index (κ3) is 1.63. The molecule has 0 saturated heterocycles. The first-order valence-electron chi connectivity index (χ1n) is 4.98. The maximum absolute atomic E-state index is 11.0. The summed E-state index contributed by atoms with van der Waals surface area (Å²) in [6, 6.07) is 9.75. The van der Waals surface area contributed by atoms with E-state index in [2.05, 4.69) is 0 Å². The number of ether oxygens (including phenoxy) is 1. The van der Waals surface area contributed by atoms with E-state index in [1.807, 2.05) is 30.3 Å². The molecule has 80 valence electrons. The second kappa shape index (κ2) is 3.66. The van der Waals surface area contributed by atoms with Crippen molar-refractivity contribution in [2.24, 2.45) is 5.92 Å². The second-order valence-electron chi connectivity index (χ2n) is 4.05. The Hall–Kier alpha value is -1.35. The molecule has 0 amide bonds. The first-order chi connectivity index (χ1) is 7.20. The van der Waals surface area contributed by atoms with Crippen LogP contribution < -0.4 is 0 Å². The van der Waals surface area contributed by atoms with Crippen LogP contribution in [0.25, 0.3) is 0 Å². The molecular weight excluding hydrogens is 192 g/mol. The summed E-state index contributed by atoms with van der Waals surface area (Å²) in [6.45, 7) is 0.480. The summed E-state index contributed by atoms with van der Waals surface area (Å²) in [6.07, 6.45) is 0.681. The van der Waals surface area contributed by atoms with Crippen molar-refractivity contribution in [2.45, 2.75) is 11.8 Å². The summed E-state index contributed by atoms with van der Waals surface area (Å²) in [5, 5.41) is 9.02. The van der Waals surface area contributed by atoms with E-state index in [1.54, 1.807) is 7.11 Å². The number of carbonyl (C=O) groups is 1. The minimum atomic E-state index is -0.726. The number of aliphatic carboxylic acids is 1. The third-order valence-corrected chi connectivity index (χ3v) is 3.12. The van der Waals surface area contributed by atoms with E-state index < -0.39 is 5.97 Å². The van der Waals surface area contributed by atoms with Crippen LogP contribution in [0.1, 0.15) is 12.0 Å². The van der Waals surface area contributed by atoms with Gasteiger partial charge in [0.25, 0.3) is 0 Å². The molecule has 2 atom stereocenters. The van der Waals surface area contributed by atoms with Gasteiger partial charge in [-0.25, -0.2) is 0 Å². The number of rotatable bonds is 4. The van der Waals surface area contributed by atoms with Gasteiger partial charge in [0, 0.05) is 12.5 Å². The number of hydrogen-bond donors (Lipinski definition) is 1. The van der Waals surface area contributed by atoms with Crippen molar-refractivity contribution in [1.29, 1.82) is 0 Å². The lowest BCUT2D eigenvalue weighted by Gasteiger charge is -2.15. The van der Waals surface area contributed by atoms with Crippen LogP contribution in [0.4, 0.5) is 0 Å². The summed E-state index contributed by atoms with van der Waals surface area (Å²) in [7, 11) is 1.61. The minimum absolute atomic E-state index is 0.290. The fourth-order valence-corrected chi connectivity index (χ4v) is 2.22. The molecule has 3 nitrogen and oxygen atoms in total. The normalized spacial score (nSPS) is 28.7. The Balaban J connectivity index is 2.27. The van der Waals surface area contributed by atoms with Crippen LogP contribution in [0.3, 0.4) is 0 Å². The first kappa shape index (κ1) is 10.2. The van der Waals surface area contributed by atoms with Crippen LogP contribution in [0.2, 0.25) is 0 Å². The van der Waals surface area contributed by atoms with Crippen LogP contribution in [0, 0.1) is 5.92 Å². The molecule has 2 unspecified atom stereocenters. The number of hydrogen-bond acceptors (Lipinski definition) is 2. The zero-order valence-corrected chi connectivity index (χ0v) is 8.64. The van der Waals surface area contributed by atoms with Gasteiger partial charge in [-0.05, 0) is 12.0 Å². The predicted octanol–water partition coefficient (Wildman–Crippen LogP) is 1.68. The Labute approximate surface area is 88.7 Å². The molecule has 3 heteroatoms. The average molecular weight is 206 g/mol. The van der Waals surface area contributed by atoms with Crippen molar-refractivity contribution in [3.05, 3.63) is 35.9 Å². The summed E-state index contributed by atoms with van der Waals surface area (Å²) in [5.74, 6) is -1.02.